The van der Waals surface area contributed by atoms with Gasteiger partial charge in [-0.25, -0.2) is 4.79 Å². The van der Waals surface area contributed by atoms with Crippen LogP contribution >= 0.6 is 12.4 Å². The van der Waals surface area contributed by atoms with Crippen molar-refractivity contribution < 1.29 is 19.7 Å². The molecule has 0 spiro atoms. The number of aromatic nitrogens is 1. The number of esters is 1. The van der Waals surface area contributed by atoms with Crippen LogP contribution in [0.2, 0.25) is 0 Å². The van der Waals surface area contributed by atoms with Crippen LogP contribution in [0, 0.1) is 0 Å². The third kappa shape index (κ3) is 3.13. The van der Waals surface area contributed by atoms with Crippen LogP contribution in [-0.4, -0.2) is 58.1 Å². The van der Waals surface area contributed by atoms with Gasteiger partial charge in [0.2, 0.25) is 0 Å². The summed E-state index contributed by atoms with van der Waals surface area (Å²) in [6.07, 6.45) is 5.00. The number of carbonyl (C=O) groups excluding carboxylic acids is 1. The van der Waals surface area contributed by atoms with Crippen LogP contribution in [0.15, 0.2) is 50.8 Å². The van der Waals surface area contributed by atoms with Crippen molar-refractivity contribution in [1.82, 2.24) is 9.47 Å². The normalized spacial score (nSPS) is 27.6. The highest BCUT2D eigenvalue weighted by Crippen LogP contribution is 2.42. The van der Waals surface area contributed by atoms with Gasteiger partial charge in [0.05, 0.1) is 23.1 Å². The first kappa shape index (κ1) is 22.7. The van der Waals surface area contributed by atoms with Gasteiger partial charge in [0.25, 0.3) is 5.56 Å². The number of halogens is 1. The smallest absolute Gasteiger partial charge is 0.343 e. The second kappa shape index (κ2) is 7.81. The first-order valence-electron chi connectivity index (χ1n) is 10.4. The van der Waals surface area contributed by atoms with Gasteiger partial charge < -0.3 is 24.4 Å². The predicted molar refractivity (Wildman–Crippen MR) is 121 cm³/mol. The molecule has 0 bridgehead atoms. The second-order valence-electron chi connectivity index (χ2n) is 8.76. The number of ether oxygens (including phenoxy) is 1. The molecule has 1 aromatic rings. The number of hydrogen-bond acceptors (Lipinski definition) is 7. The standard InChI is InChI=1S/C23H25N3O5.ClH/c1-4-23(30)16-8-18-20-12(9-26(18)21(28)15(16)11-31-22(23)29)7-13-14(10-25(2)3)19(27)6-5-17(13)24-20;/h5-8,19-20,27,30H,4,9-11H2,1-3H3;1H. The molecule has 0 fully saturated rings. The monoisotopic (exact) mass is 459 g/mol. The maximum Gasteiger partial charge on any atom is 0.343 e. The maximum absolute atomic E-state index is 13.2. The lowest BCUT2D eigenvalue weighted by Crippen LogP contribution is -2.44. The quantitative estimate of drug-likeness (QED) is 0.657. The van der Waals surface area contributed by atoms with Gasteiger partial charge in [-0.3, -0.25) is 9.79 Å². The SMILES string of the molecule is CCC1(O)C(=O)OCc2c1cc1n(c2=O)CC2=CC3=C(CN(C)C)C(O)C=CC3=NC21.Cl. The van der Waals surface area contributed by atoms with E-state index in [1.54, 1.807) is 23.6 Å². The van der Waals surface area contributed by atoms with E-state index in [1.165, 1.54) is 0 Å². The van der Waals surface area contributed by atoms with Gasteiger partial charge in [0, 0.05) is 24.2 Å². The molecular formula is C23H26ClN3O5. The average molecular weight is 460 g/mol. The van der Waals surface area contributed by atoms with E-state index in [2.05, 4.69) is 0 Å². The van der Waals surface area contributed by atoms with E-state index in [4.69, 9.17) is 9.73 Å². The molecule has 9 heteroatoms. The minimum absolute atomic E-state index is 0. The Labute approximate surface area is 191 Å². The molecule has 0 amide bonds. The number of rotatable bonds is 3. The number of dihydropyridines is 1. The fourth-order valence-electron chi connectivity index (χ4n) is 4.88. The van der Waals surface area contributed by atoms with E-state index in [1.807, 2.05) is 31.1 Å². The molecule has 2 N–H and O–H groups in total. The zero-order valence-corrected chi connectivity index (χ0v) is 19.0. The number of cyclic esters (lactones) is 1. The topological polar surface area (TPSA) is 104 Å². The van der Waals surface area contributed by atoms with Crippen LogP contribution in [-0.2, 0) is 28.3 Å². The van der Waals surface area contributed by atoms with E-state index < -0.39 is 17.7 Å². The van der Waals surface area contributed by atoms with E-state index in [0.717, 1.165) is 22.4 Å². The summed E-state index contributed by atoms with van der Waals surface area (Å²) in [7, 11) is 3.89. The summed E-state index contributed by atoms with van der Waals surface area (Å²) in [5.74, 6) is -0.724. The van der Waals surface area contributed by atoms with Gasteiger partial charge in [-0.15, -0.1) is 12.4 Å². The van der Waals surface area contributed by atoms with Crippen LogP contribution in [0.1, 0.15) is 36.2 Å². The van der Waals surface area contributed by atoms with Crippen molar-refractivity contribution >= 4 is 24.1 Å². The van der Waals surface area contributed by atoms with E-state index in [9.17, 15) is 19.8 Å². The number of allylic oxidation sites excluding steroid dienone is 3. The molecule has 170 valence electrons. The maximum atomic E-state index is 13.2. The lowest BCUT2D eigenvalue weighted by Gasteiger charge is -2.32. The molecule has 0 saturated carbocycles. The Morgan fingerprint density at radius 2 is 2.09 bits per heavy atom. The average Bonchev–Trinajstić information content (AvgIpc) is 3.10. The Bertz CT molecular complexity index is 1190. The molecule has 0 radical (unpaired) electrons. The molecule has 0 aromatic carbocycles. The van der Waals surface area contributed by atoms with Crippen LogP contribution in [0.25, 0.3) is 0 Å². The summed E-state index contributed by atoms with van der Waals surface area (Å²) in [4.78, 5) is 32.4. The summed E-state index contributed by atoms with van der Waals surface area (Å²) in [6.45, 7) is 2.52. The van der Waals surface area contributed by atoms with E-state index in [-0.39, 0.29) is 37.0 Å². The van der Waals surface area contributed by atoms with Crippen molar-refractivity contribution in [3.05, 3.63) is 68.2 Å². The summed E-state index contributed by atoms with van der Waals surface area (Å²) in [6, 6.07) is 1.38. The number of aliphatic hydroxyl groups excluding tert-OH is 1. The van der Waals surface area contributed by atoms with Crippen LogP contribution in [0.5, 0.6) is 0 Å². The molecule has 0 saturated heterocycles. The highest BCUT2D eigenvalue weighted by atomic mass is 35.5. The van der Waals surface area contributed by atoms with Crippen molar-refractivity contribution in [3.8, 4) is 0 Å². The van der Waals surface area contributed by atoms with Gasteiger partial charge in [-0.1, -0.05) is 6.92 Å². The first-order valence-corrected chi connectivity index (χ1v) is 10.4. The zero-order chi connectivity index (χ0) is 22.1. The van der Waals surface area contributed by atoms with Crippen LogP contribution in [0.4, 0.5) is 0 Å². The second-order valence-corrected chi connectivity index (χ2v) is 8.76. The number of likely N-dealkylation sites (N-methyl/N-ethyl adjacent to an activating group) is 1. The highest BCUT2D eigenvalue weighted by molar-refractivity contribution is 6.13. The van der Waals surface area contributed by atoms with Gasteiger partial charge in [0.15, 0.2) is 5.60 Å². The summed E-state index contributed by atoms with van der Waals surface area (Å²) in [5.41, 5.74) is 2.70. The number of hydrogen-bond donors (Lipinski definition) is 2. The first-order chi connectivity index (χ1) is 14.7. The summed E-state index contributed by atoms with van der Waals surface area (Å²) < 4.78 is 6.77. The van der Waals surface area contributed by atoms with E-state index in [0.29, 0.717) is 29.9 Å². The van der Waals surface area contributed by atoms with E-state index >= 15 is 0 Å². The van der Waals surface area contributed by atoms with Crippen molar-refractivity contribution in [2.75, 3.05) is 20.6 Å². The molecular weight excluding hydrogens is 434 g/mol. The molecule has 1 aliphatic carbocycles. The fourth-order valence-corrected chi connectivity index (χ4v) is 4.88. The largest absolute Gasteiger partial charge is 0.458 e. The third-order valence-corrected chi connectivity index (χ3v) is 6.55. The molecule has 3 unspecified atom stereocenters. The van der Waals surface area contributed by atoms with Gasteiger partial charge >= 0.3 is 5.97 Å². The fraction of sp³-hybridized carbons (Fsp3) is 0.435. The molecule has 8 nitrogen and oxygen atoms in total. The number of nitrogens with zero attached hydrogens (tertiary/aromatic N) is 3. The lowest BCUT2D eigenvalue weighted by molar-refractivity contribution is -0.172. The molecule has 1 aromatic heterocycles. The number of fused-ring (bicyclic) bond motifs is 5. The Kier molecular flexibility index (Phi) is 5.53. The van der Waals surface area contributed by atoms with Crippen LogP contribution < -0.4 is 5.56 Å². The van der Waals surface area contributed by atoms with Crippen molar-refractivity contribution in [3.63, 3.8) is 0 Å². The van der Waals surface area contributed by atoms with Crippen molar-refractivity contribution in [1.29, 1.82) is 0 Å². The Morgan fingerprint density at radius 3 is 2.78 bits per heavy atom. The Balaban J connectivity index is 0.00000245. The Hall–Kier alpha value is -2.52. The van der Waals surface area contributed by atoms with Crippen molar-refractivity contribution in [2.24, 2.45) is 4.99 Å². The molecule has 4 aliphatic rings. The van der Waals surface area contributed by atoms with Crippen molar-refractivity contribution in [2.45, 2.75) is 44.2 Å². The molecule has 3 atom stereocenters. The number of aliphatic hydroxyl groups is 2. The highest BCUT2D eigenvalue weighted by Gasteiger charge is 2.46. The molecule has 32 heavy (non-hydrogen) atoms. The predicted octanol–water partition coefficient (Wildman–Crippen LogP) is 1.15. The molecule has 5 rings (SSSR count). The third-order valence-electron chi connectivity index (χ3n) is 6.55. The Morgan fingerprint density at radius 1 is 1.34 bits per heavy atom. The summed E-state index contributed by atoms with van der Waals surface area (Å²) >= 11 is 0. The van der Waals surface area contributed by atoms with Gasteiger partial charge in [-0.2, -0.15) is 0 Å². The zero-order valence-electron chi connectivity index (χ0n) is 18.2. The summed E-state index contributed by atoms with van der Waals surface area (Å²) in [5, 5.41) is 21.4. The number of aliphatic imine (C=N–C) groups is 1. The number of pyridine rings is 1. The minimum Gasteiger partial charge on any atom is -0.458 e. The number of carbonyl (C=O) groups is 1. The lowest BCUT2D eigenvalue weighted by atomic mass is 9.85. The van der Waals surface area contributed by atoms with Gasteiger partial charge in [-0.05, 0) is 56.0 Å². The van der Waals surface area contributed by atoms with Crippen LogP contribution in [0.3, 0.4) is 0 Å². The minimum atomic E-state index is -1.82. The molecule has 4 heterocycles. The van der Waals surface area contributed by atoms with Gasteiger partial charge in [0.1, 0.15) is 12.6 Å². The molecule has 3 aliphatic heterocycles.